The molecule has 106 valence electrons. The highest BCUT2D eigenvalue weighted by molar-refractivity contribution is 5.82. The van der Waals surface area contributed by atoms with Crippen molar-refractivity contribution in [2.75, 3.05) is 7.05 Å². The van der Waals surface area contributed by atoms with E-state index in [1.165, 1.54) is 19.2 Å². The van der Waals surface area contributed by atoms with E-state index in [0.717, 1.165) is 6.29 Å². The molecule has 0 fully saturated rings. The molecule has 4 nitrogen and oxygen atoms in total. The third kappa shape index (κ3) is 6.55. The Morgan fingerprint density at radius 3 is 2.47 bits per heavy atom. The maximum Gasteiger partial charge on any atom is 0.242 e. The van der Waals surface area contributed by atoms with Gasteiger partial charge in [-0.3, -0.25) is 4.79 Å². The molecule has 1 unspecified atom stereocenters. The van der Waals surface area contributed by atoms with Gasteiger partial charge in [0.15, 0.2) is 0 Å². The first-order chi connectivity index (χ1) is 8.96. The quantitative estimate of drug-likeness (QED) is 0.523. The molecule has 1 atom stereocenters. The number of amides is 1. The predicted molar refractivity (Wildman–Crippen MR) is 74.1 cm³/mol. The molecule has 0 saturated carbocycles. The maximum atomic E-state index is 13.5. The molecule has 5 heteroatoms. The molecule has 0 aliphatic rings. The normalized spacial score (nSPS) is 12.3. The Kier molecular flexibility index (Phi) is 8.17. The Balaban J connectivity index is 4.97. The number of carbonyl (C=O) groups excluding carboxylic acids is 2. The number of carbonyl (C=O) groups is 2. The molecule has 19 heavy (non-hydrogen) atoms. The number of allylic oxidation sites excluding steroid dienone is 4. The minimum Gasteiger partial charge on any atom is -0.374 e. The molecule has 0 bridgehead atoms. The van der Waals surface area contributed by atoms with Crippen LogP contribution >= 0.6 is 0 Å². The first kappa shape index (κ1) is 17.1. The summed E-state index contributed by atoms with van der Waals surface area (Å²) in [6.07, 6.45) is 4.04. The number of aldehydes is 1. The highest BCUT2D eigenvalue weighted by Crippen LogP contribution is 2.10. The zero-order valence-corrected chi connectivity index (χ0v) is 11.6. The highest BCUT2D eigenvalue weighted by Gasteiger charge is 2.16. The van der Waals surface area contributed by atoms with E-state index >= 15 is 0 Å². The molecular weight excluding hydrogens is 247 g/mol. The van der Waals surface area contributed by atoms with Gasteiger partial charge in [0.05, 0.1) is 0 Å². The van der Waals surface area contributed by atoms with E-state index < -0.39 is 6.04 Å². The lowest BCUT2D eigenvalue weighted by atomic mass is 10.1. The van der Waals surface area contributed by atoms with E-state index in [2.05, 4.69) is 17.2 Å². The number of nitrogens with one attached hydrogen (secondary N) is 2. The zero-order valence-electron chi connectivity index (χ0n) is 11.6. The highest BCUT2D eigenvalue weighted by atomic mass is 19.1. The third-order valence-corrected chi connectivity index (χ3v) is 2.46. The zero-order chi connectivity index (χ0) is 14.8. The van der Waals surface area contributed by atoms with Gasteiger partial charge in [-0.2, -0.15) is 0 Å². The van der Waals surface area contributed by atoms with Crippen LogP contribution in [0.4, 0.5) is 4.39 Å². The van der Waals surface area contributed by atoms with Crippen LogP contribution in [0, 0.1) is 0 Å². The predicted octanol–water partition coefficient (Wildman–Crippen LogP) is 2.00. The monoisotopic (exact) mass is 268 g/mol. The van der Waals surface area contributed by atoms with Crippen molar-refractivity contribution in [3.63, 3.8) is 0 Å². The Morgan fingerprint density at radius 2 is 2.05 bits per heavy atom. The van der Waals surface area contributed by atoms with Gasteiger partial charge in [0.1, 0.15) is 18.2 Å². The van der Waals surface area contributed by atoms with E-state index in [0.29, 0.717) is 17.7 Å². The summed E-state index contributed by atoms with van der Waals surface area (Å²) < 4.78 is 13.5. The molecule has 2 N–H and O–H groups in total. The van der Waals surface area contributed by atoms with Gasteiger partial charge in [0.2, 0.25) is 5.91 Å². The summed E-state index contributed by atoms with van der Waals surface area (Å²) in [7, 11) is 1.51. The van der Waals surface area contributed by atoms with Crippen molar-refractivity contribution in [2.24, 2.45) is 0 Å². The van der Waals surface area contributed by atoms with Crippen molar-refractivity contribution in [1.82, 2.24) is 10.6 Å². The SMILES string of the molecule is C=C/C(=C\C(F)=C(C)C)NC(CCC=O)C(=O)NC. The van der Waals surface area contributed by atoms with Crippen molar-refractivity contribution >= 4 is 12.2 Å². The summed E-state index contributed by atoms with van der Waals surface area (Å²) in [5.74, 6) is -0.638. The topological polar surface area (TPSA) is 58.2 Å². The summed E-state index contributed by atoms with van der Waals surface area (Å²) in [5, 5.41) is 5.37. The Hall–Kier alpha value is -1.91. The summed E-state index contributed by atoms with van der Waals surface area (Å²) in [5.41, 5.74) is 0.934. The summed E-state index contributed by atoms with van der Waals surface area (Å²) >= 11 is 0. The molecule has 0 aromatic heterocycles. The minimum absolute atomic E-state index is 0.251. The number of halogens is 1. The lowest BCUT2D eigenvalue weighted by Crippen LogP contribution is -2.42. The van der Waals surface area contributed by atoms with Crippen molar-refractivity contribution in [3.05, 3.63) is 35.8 Å². The lowest BCUT2D eigenvalue weighted by Gasteiger charge is -2.18. The van der Waals surface area contributed by atoms with Crippen LogP contribution in [0.1, 0.15) is 26.7 Å². The number of likely N-dealkylation sites (N-methyl/N-ethyl adjacent to an activating group) is 1. The first-order valence-electron chi connectivity index (χ1n) is 6.05. The second kappa shape index (κ2) is 9.08. The molecule has 0 aliphatic carbocycles. The van der Waals surface area contributed by atoms with Crippen LogP contribution in [0.5, 0.6) is 0 Å². The molecule has 0 saturated heterocycles. The maximum absolute atomic E-state index is 13.5. The fraction of sp³-hybridized carbons (Fsp3) is 0.429. The van der Waals surface area contributed by atoms with Gasteiger partial charge >= 0.3 is 0 Å². The number of rotatable bonds is 8. The molecule has 0 heterocycles. The van der Waals surface area contributed by atoms with Gasteiger partial charge in [-0.15, -0.1) is 0 Å². The average Bonchev–Trinajstić information content (AvgIpc) is 2.40. The van der Waals surface area contributed by atoms with Crippen LogP contribution < -0.4 is 10.6 Å². The molecule has 0 rings (SSSR count). The lowest BCUT2D eigenvalue weighted by molar-refractivity contribution is -0.122. The van der Waals surface area contributed by atoms with Crippen LogP contribution in [-0.4, -0.2) is 25.3 Å². The minimum atomic E-state index is -0.593. The first-order valence-corrected chi connectivity index (χ1v) is 6.05. The van der Waals surface area contributed by atoms with Gasteiger partial charge in [0.25, 0.3) is 0 Å². The molecule has 0 spiro atoms. The summed E-state index contributed by atoms with van der Waals surface area (Å²) in [4.78, 5) is 22.0. The number of hydrogen-bond acceptors (Lipinski definition) is 3. The second-order valence-electron chi connectivity index (χ2n) is 4.21. The summed E-state index contributed by atoms with van der Waals surface area (Å²) in [6.45, 7) is 6.87. The Labute approximate surface area is 113 Å². The fourth-order valence-electron chi connectivity index (χ4n) is 1.32. The molecule has 0 aliphatic heterocycles. The van der Waals surface area contributed by atoms with E-state index in [9.17, 15) is 14.0 Å². The van der Waals surface area contributed by atoms with Gasteiger partial charge in [0, 0.05) is 19.2 Å². The van der Waals surface area contributed by atoms with Crippen molar-refractivity contribution < 1.29 is 14.0 Å². The van der Waals surface area contributed by atoms with Crippen molar-refractivity contribution in [2.45, 2.75) is 32.7 Å². The van der Waals surface area contributed by atoms with E-state index in [1.807, 2.05) is 0 Å². The Bertz CT molecular complexity index is 396. The van der Waals surface area contributed by atoms with Gasteiger partial charge in [-0.05, 0) is 38.0 Å². The van der Waals surface area contributed by atoms with E-state index in [-0.39, 0.29) is 18.2 Å². The van der Waals surface area contributed by atoms with E-state index in [4.69, 9.17) is 0 Å². The molecule has 0 aromatic rings. The number of hydrogen-bond donors (Lipinski definition) is 2. The van der Waals surface area contributed by atoms with Crippen molar-refractivity contribution in [3.8, 4) is 0 Å². The molecule has 1 amide bonds. The second-order valence-corrected chi connectivity index (χ2v) is 4.21. The van der Waals surface area contributed by atoms with Gasteiger partial charge < -0.3 is 15.4 Å². The van der Waals surface area contributed by atoms with Crippen LogP contribution in [-0.2, 0) is 9.59 Å². The van der Waals surface area contributed by atoms with Crippen LogP contribution in [0.2, 0.25) is 0 Å². The van der Waals surface area contributed by atoms with Gasteiger partial charge in [-0.25, -0.2) is 4.39 Å². The molecular formula is C14H21FN2O2. The largest absolute Gasteiger partial charge is 0.374 e. The van der Waals surface area contributed by atoms with Gasteiger partial charge in [-0.1, -0.05) is 6.58 Å². The average molecular weight is 268 g/mol. The smallest absolute Gasteiger partial charge is 0.242 e. The van der Waals surface area contributed by atoms with Crippen LogP contribution in [0.3, 0.4) is 0 Å². The van der Waals surface area contributed by atoms with Crippen molar-refractivity contribution in [1.29, 1.82) is 0 Å². The third-order valence-electron chi connectivity index (χ3n) is 2.46. The van der Waals surface area contributed by atoms with Crippen LogP contribution in [0.15, 0.2) is 35.8 Å². The summed E-state index contributed by atoms with van der Waals surface area (Å²) in [6, 6.07) is -0.593. The molecule has 0 aromatic carbocycles. The Morgan fingerprint density at radius 1 is 1.42 bits per heavy atom. The van der Waals surface area contributed by atoms with Crippen LogP contribution in [0.25, 0.3) is 0 Å². The standard InChI is InChI=1S/C14H21FN2O2/c1-5-11(9-12(15)10(2)3)17-13(7-6-8-18)14(19)16-4/h5,8-9,13,17H,1,6-7H2,2-4H3,(H,16,19)/b11-9+. The molecule has 0 radical (unpaired) electrons. The fourth-order valence-corrected chi connectivity index (χ4v) is 1.32. The van der Waals surface area contributed by atoms with E-state index in [1.54, 1.807) is 13.8 Å².